The van der Waals surface area contributed by atoms with E-state index in [0.717, 1.165) is 26.1 Å². The SMILES string of the molecule is Cc1ccc(CN2CCCC(C(C)CC(=O)O)C2)cc1C. The van der Waals surface area contributed by atoms with Crippen molar-refractivity contribution in [1.82, 2.24) is 4.90 Å². The minimum absolute atomic E-state index is 0.269. The molecule has 2 atom stereocenters. The van der Waals surface area contributed by atoms with E-state index in [4.69, 9.17) is 5.11 Å². The van der Waals surface area contributed by atoms with Crippen LogP contribution in [0.3, 0.4) is 0 Å². The van der Waals surface area contributed by atoms with Gasteiger partial charge in [0.05, 0.1) is 0 Å². The molecule has 1 aliphatic rings. The zero-order valence-corrected chi connectivity index (χ0v) is 13.4. The summed E-state index contributed by atoms with van der Waals surface area (Å²) in [4.78, 5) is 13.4. The predicted molar refractivity (Wildman–Crippen MR) is 85.3 cm³/mol. The van der Waals surface area contributed by atoms with Gasteiger partial charge in [-0.15, -0.1) is 0 Å². The number of likely N-dealkylation sites (tertiary alicyclic amines) is 1. The van der Waals surface area contributed by atoms with Crippen LogP contribution in [0.25, 0.3) is 0 Å². The maximum Gasteiger partial charge on any atom is 0.303 e. The van der Waals surface area contributed by atoms with E-state index in [1.807, 2.05) is 0 Å². The van der Waals surface area contributed by atoms with Crippen molar-refractivity contribution in [1.29, 1.82) is 0 Å². The van der Waals surface area contributed by atoms with E-state index >= 15 is 0 Å². The fourth-order valence-electron chi connectivity index (χ4n) is 3.30. The zero-order valence-electron chi connectivity index (χ0n) is 13.4. The molecule has 0 radical (unpaired) electrons. The fourth-order valence-corrected chi connectivity index (χ4v) is 3.30. The summed E-state index contributed by atoms with van der Waals surface area (Å²) in [7, 11) is 0. The lowest BCUT2D eigenvalue weighted by atomic mass is 9.84. The third-order valence-corrected chi connectivity index (χ3v) is 4.82. The Morgan fingerprint density at radius 3 is 2.81 bits per heavy atom. The molecule has 1 aliphatic heterocycles. The molecule has 0 spiro atoms. The van der Waals surface area contributed by atoms with Gasteiger partial charge in [0.15, 0.2) is 0 Å². The number of aryl methyl sites for hydroxylation is 2. The molecule has 1 N–H and O–H groups in total. The van der Waals surface area contributed by atoms with Crippen LogP contribution in [-0.2, 0) is 11.3 Å². The zero-order chi connectivity index (χ0) is 15.4. The van der Waals surface area contributed by atoms with Gasteiger partial charge in [-0.25, -0.2) is 0 Å². The third-order valence-electron chi connectivity index (χ3n) is 4.82. The highest BCUT2D eigenvalue weighted by Crippen LogP contribution is 2.27. The van der Waals surface area contributed by atoms with Crippen molar-refractivity contribution in [3.05, 3.63) is 34.9 Å². The first-order chi connectivity index (χ1) is 9.95. The Balaban J connectivity index is 1.94. The van der Waals surface area contributed by atoms with E-state index in [9.17, 15) is 4.79 Å². The van der Waals surface area contributed by atoms with Gasteiger partial charge < -0.3 is 5.11 Å². The van der Waals surface area contributed by atoms with Crippen LogP contribution in [0.1, 0.15) is 42.9 Å². The highest BCUT2D eigenvalue weighted by atomic mass is 16.4. The largest absolute Gasteiger partial charge is 0.481 e. The molecule has 1 heterocycles. The summed E-state index contributed by atoms with van der Waals surface area (Å²) in [5, 5.41) is 8.96. The second-order valence-corrected chi connectivity index (χ2v) is 6.63. The molecule has 0 aromatic heterocycles. The number of rotatable bonds is 5. The molecule has 0 saturated carbocycles. The molecular formula is C18H27NO2. The van der Waals surface area contributed by atoms with Gasteiger partial charge in [-0.3, -0.25) is 9.69 Å². The normalized spacial score (nSPS) is 21.2. The summed E-state index contributed by atoms with van der Waals surface area (Å²) in [6.07, 6.45) is 2.64. The van der Waals surface area contributed by atoms with Gasteiger partial charge in [0.25, 0.3) is 0 Å². The number of carboxylic acids is 1. The van der Waals surface area contributed by atoms with Crippen molar-refractivity contribution in [2.45, 2.75) is 46.6 Å². The van der Waals surface area contributed by atoms with E-state index in [1.165, 1.54) is 23.1 Å². The number of hydrogen-bond acceptors (Lipinski definition) is 2. The monoisotopic (exact) mass is 289 g/mol. The molecule has 1 aromatic rings. The first-order valence-corrected chi connectivity index (χ1v) is 7.96. The van der Waals surface area contributed by atoms with Crippen LogP contribution in [0.2, 0.25) is 0 Å². The van der Waals surface area contributed by atoms with Crippen LogP contribution < -0.4 is 0 Å². The van der Waals surface area contributed by atoms with Gasteiger partial charge in [0.2, 0.25) is 0 Å². The molecule has 3 nitrogen and oxygen atoms in total. The Hall–Kier alpha value is -1.35. The number of carboxylic acid groups (broad SMARTS) is 1. The number of benzene rings is 1. The van der Waals surface area contributed by atoms with E-state index in [-0.39, 0.29) is 5.92 Å². The summed E-state index contributed by atoms with van der Waals surface area (Å²) in [5.41, 5.74) is 4.05. The lowest BCUT2D eigenvalue weighted by Gasteiger charge is -2.35. The average Bonchev–Trinajstić information content (AvgIpc) is 2.42. The summed E-state index contributed by atoms with van der Waals surface area (Å²) in [6.45, 7) is 9.52. The number of aliphatic carboxylic acids is 1. The lowest BCUT2D eigenvalue weighted by molar-refractivity contribution is -0.138. The molecule has 1 aromatic carbocycles. The Bertz CT molecular complexity index is 498. The lowest BCUT2D eigenvalue weighted by Crippen LogP contribution is -2.37. The number of nitrogens with zero attached hydrogens (tertiary/aromatic N) is 1. The smallest absolute Gasteiger partial charge is 0.303 e. The average molecular weight is 289 g/mol. The van der Waals surface area contributed by atoms with Crippen molar-refractivity contribution in [2.24, 2.45) is 11.8 Å². The number of hydrogen-bond donors (Lipinski definition) is 1. The van der Waals surface area contributed by atoms with Gasteiger partial charge in [0.1, 0.15) is 0 Å². The van der Waals surface area contributed by atoms with Crippen molar-refractivity contribution >= 4 is 5.97 Å². The molecule has 0 bridgehead atoms. The molecule has 1 saturated heterocycles. The molecule has 2 unspecified atom stereocenters. The standard InChI is InChI=1S/C18H27NO2/c1-13-6-7-16(9-14(13)2)11-19-8-4-5-17(12-19)15(3)10-18(20)21/h6-7,9,15,17H,4-5,8,10-12H2,1-3H3,(H,20,21). The van der Waals surface area contributed by atoms with Crippen LogP contribution in [0.15, 0.2) is 18.2 Å². The van der Waals surface area contributed by atoms with Crippen molar-refractivity contribution < 1.29 is 9.90 Å². The Labute approximate surface area is 128 Å². The third kappa shape index (κ3) is 4.57. The second kappa shape index (κ2) is 7.08. The maximum atomic E-state index is 10.9. The van der Waals surface area contributed by atoms with Gasteiger partial charge >= 0.3 is 5.97 Å². The van der Waals surface area contributed by atoms with Crippen molar-refractivity contribution in [3.63, 3.8) is 0 Å². The molecule has 0 amide bonds. The second-order valence-electron chi connectivity index (χ2n) is 6.63. The highest BCUT2D eigenvalue weighted by molar-refractivity contribution is 5.67. The molecule has 0 aliphatic carbocycles. The highest BCUT2D eigenvalue weighted by Gasteiger charge is 2.25. The minimum atomic E-state index is -0.672. The van der Waals surface area contributed by atoms with E-state index in [1.54, 1.807) is 0 Å². The number of carbonyl (C=O) groups is 1. The van der Waals surface area contributed by atoms with E-state index in [2.05, 4.69) is 43.9 Å². The van der Waals surface area contributed by atoms with Gasteiger partial charge in [-0.05, 0) is 61.8 Å². The quantitative estimate of drug-likeness (QED) is 0.900. The number of piperidine rings is 1. The predicted octanol–water partition coefficient (Wildman–Crippen LogP) is 3.63. The van der Waals surface area contributed by atoms with Crippen LogP contribution in [0.4, 0.5) is 0 Å². The Morgan fingerprint density at radius 1 is 1.38 bits per heavy atom. The molecule has 3 heteroatoms. The van der Waals surface area contributed by atoms with Crippen LogP contribution >= 0.6 is 0 Å². The Kier molecular flexibility index (Phi) is 5.40. The van der Waals surface area contributed by atoms with Gasteiger partial charge in [0, 0.05) is 19.5 Å². The summed E-state index contributed by atoms with van der Waals surface area (Å²) in [5.74, 6) is 0.111. The van der Waals surface area contributed by atoms with Crippen LogP contribution in [0.5, 0.6) is 0 Å². The Morgan fingerprint density at radius 2 is 2.14 bits per heavy atom. The van der Waals surface area contributed by atoms with E-state index in [0.29, 0.717) is 12.3 Å². The van der Waals surface area contributed by atoms with E-state index < -0.39 is 5.97 Å². The topological polar surface area (TPSA) is 40.5 Å². The van der Waals surface area contributed by atoms with Gasteiger partial charge in [-0.1, -0.05) is 25.1 Å². The first-order valence-electron chi connectivity index (χ1n) is 7.96. The summed E-state index contributed by atoms with van der Waals surface area (Å²) >= 11 is 0. The van der Waals surface area contributed by atoms with Crippen LogP contribution in [-0.4, -0.2) is 29.1 Å². The molecule has 116 valence electrons. The first kappa shape index (κ1) is 16.0. The fraction of sp³-hybridized carbons (Fsp3) is 0.611. The van der Waals surface area contributed by atoms with Crippen molar-refractivity contribution in [2.75, 3.05) is 13.1 Å². The van der Waals surface area contributed by atoms with Gasteiger partial charge in [-0.2, -0.15) is 0 Å². The summed E-state index contributed by atoms with van der Waals surface area (Å²) in [6, 6.07) is 6.69. The minimum Gasteiger partial charge on any atom is -0.481 e. The molecule has 2 rings (SSSR count). The summed E-state index contributed by atoms with van der Waals surface area (Å²) < 4.78 is 0. The maximum absolute atomic E-state index is 10.9. The molecule has 21 heavy (non-hydrogen) atoms. The molecular weight excluding hydrogens is 262 g/mol. The van der Waals surface area contributed by atoms with Crippen LogP contribution in [0, 0.1) is 25.7 Å². The molecule has 1 fully saturated rings. The van der Waals surface area contributed by atoms with Crippen molar-refractivity contribution in [3.8, 4) is 0 Å².